The fraction of sp³-hybridized carbons (Fsp3) is 0.500. The number of halogens is 4. The molecule has 0 aromatic carbocycles. The van der Waals surface area contributed by atoms with Gasteiger partial charge < -0.3 is 4.74 Å². The fourth-order valence-electron chi connectivity index (χ4n) is 1.23. The molecule has 1 heterocycles. The van der Waals surface area contributed by atoms with Gasteiger partial charge in [0.15, 0.2) is 0 Å². The van der Waals surface area contributed by atoms with Crippen molar-refractivity contribution in [1.82, 2.24) is 4.98 Å². The Balaban J connectivity index is 2.20. The largest absolute Gasteiger partial charge is 0.477 e. The zero-order chi connectivity index (χ0) is 11.8. The first-order chi connectivity index (χ1) is 7.47. The second kappa shape index (κ2) is 4.24. The van der Waals surface area contributed by atoms with Gasteiger partial charge in [0.25, 0.3) is 0 Å². The minimum atomic E-state index is -4.43. The number of nitrogens with zero attached hydrogens (tertiary/aromatic N) is 1. The van der Waals surface area contributed by atoms with Gasteiger partial charge in [-0.15, -0.1) is 0 Å². The third-order valence-electron chi connectivity index (χ3n) is 2.28. The minimum Gasteiger partial charge on any atom is -0.477 e. The zero-order valence-corrected chi connectivity index (χ0v) is 9.81. The quantitative estimate of drug-likeness (QED) is 0.849. The van der Waals surface area contributed by atoms with Crippen LogP contribution < -0.4 is 4.74 Å². The topological polar surface area (TPSA) is 22.1 Å². The Labute approximate surface area is 98.9 Å². The molecule has 0 radical (unpaired) electrons. The molecule has 0 unspecified atom stereocenters. The molecule has 0 spiro atoms. The molecule has 1 aromatic heterocycles. The van der Waals surface area contributed by atoms with Crippen molar-refractivity contribution in [2.24, 2.45) is 5.92 Å². The van der Waals surface area contributed by atoms with Crippen LogP contribution in [-0.4, -0.2) is 11.6 Å². The SMILES string of the molecule is FC(F)(F)c1cc(Br)cnc1OCC1CC1. The Morgan fingerprint density at radius 2 is 2.12 bits per heavy atom. The summed E-state index contributed by atoms with van der Waals surface area (Å²) >= 11 is 2.96. The Kier molecular flexibility index (Phi) is 3.10. The average Bonchev–Trinajstić information content (AvgIpc) is 2.98. The van der Waals surface area contributed by atoms with Gasteiger partial charge in [0.1, 0.15) is 5.56 Å². The highest BCUT2D eigenvalue weighted by molar-refractivity contribution is 9.10. The van der Waals surface area contributed by atoms with E-state index in [-0.39, 0.29) is 5.88 Å². The summed E-state index contributed by atoms with van der Waals surface area (Å²) in [6, 6.07) is 0.981. The van der Waals surface area contributed by atoms with E-state index >= 15 is 0 Å². The molecule has 1 aliphatic rings. The molecule has 0 N–H and O–H groups in total. The van der Waals surface area contributed by atoms with Crippen molar-refractivity contribution in [2.45, 2.75) is 19.0 Å². The van der Waals surface area contributed by atoms with E-state index in [1.165, 1.54) is 6.20 Å². The normalized spacial score (nSPS) is 16.2. The van der Waals surface area contributed by atoms with Gasteiger partial charge >= 0.3 is 6.18 Å². The number of ether oxygens (including phenoxy) is 1. The van der Waals surface area contributed by atoms with Crippen molar-refractivity contribution in [3.05, 3.63) is 22.3 Å². The van der Waals surface area contributed by atoms with Crippen molar-refractivity contribution in [1.29, 1.82) is 0 Å². The van der Waals surface area contributed by atoms with E-state index in [4.69, 9.17) is 4.74 Å². The lowest BCUT2D eigenvalue weighted by Crippen LogP contribution is -2.11. The highest BCUT2D eigenvalue weighted by atomic mass is 79.9. The fourth-order valence-corrected chi connectivity index (χ4v) is 1.56. The minimum absolute atomic E-state index is 0.290. The van der Waals surface area contributed by atoms with Crippen LogP contribution >= 0.6 is 15.9 Å². The number of pyridine rings is 1. The van der Waals surface area contributed by atoms with Crippen molar-refractivity contribution >= 4 is 15.9 Å². The Hall–Kier alpha value is -0.780. The van der Waals surface area contributed by atoms with E-state index in [0.29, 0.717) is 17.0 Å². The molecule has 16 heavy (non-hydrogen) atoms. The molecule has 0 bridgehead atoms. The first-order valence-electron chi connectivity index (χ1n) is 4.82. The molecule has 1 fully saturated rings. The summed E-state index contributed by atoms with van der Waals surface area (Å²) in [7, 11) is 0. The smallest absolute Gasteiger partial charge is 0.421 e. The molecule has 0 saturated heterocycles. The van der Waals surface area contributed by atoms with Gasteiger partial charge in [-0.2, -0.15) is 13.2 Å². The van der Waals surface area contributed by atoms with E-state index in [1.807, 2.05) is 0 Å². The summed E-state index contributed by atoms with van der Waals surface area (Å²) in [5.41, 5.74) is -0.831. The Bertz CT molecular complexity index is 390. The second-order valence-electron chi connectivity index (χ2n) is 3.76. The molecule has 1 saturated carbocycles. The maximum atomic E-state index is 12.6. The van der Waals surface area contributed by atoms with E-state index in [2.05, 4.69) is 20.9 Å². The lowest BCUT2D eigenvalue weighted by atomic mass is 10.2. The van der Waals surface area contributed by atoms with Crippen molar-refractivity contribution in [3.63, 3.8) is 0 Å². The summed E-state index contributed by atoms with van der Waals surface area (Å²) < 4.78 is 43.3. The molecule has 6 heteroatoms. The van der Waals surface area contributed by atoms with Crippen LogP contribution in [0.5, 0.6) is 5.88 Å². The Morgan fingerprint density at radius 1 is 1.44 bits per heavy atom. The molecule has 88 valence electrons. The summed E-state index contributed by atoms with van der Waals surface area (Å²) in [6.07, 6.45) is -1.08. The number of alkyl halides is 3. The highest BCUT2D eigenvalue weighted by Gasteiger charge is 2.36. The van der Waals surface area contributed by atoms with Gasteiger partial charge in [0.2, 0.25) is 5.88 Å². The van der Waals surface area contributed by atoms with Crippen LogP contribution in [0.15, 0.2) is 16.7 Å². The Morgan fingerprint density at radius 3 is 2.69 bits per heavy atom. The zero-order valence-electron chi connectivity index (χ0n) is 8.22. The van der Waals surface area contributed by atoms with Gasteiger partial charge in [-0.3, -0.25) is 0 Å². The number of aromatic nitrogens is 1. The van der Waals surface area contributed by atoms with Gasteiger partial charge in [-0.05, 0) is 40.8 Å². The lowest BCUT2D eigenvalue weighted by Gasteiger charge is -2.12. The molecule has 0 atom stereocenters. The van der Waals surface area contributed by atoms with Crippen LogP contribution in [-0.2, 0) is 6.18 Å². The number of rotatable bonds is 3. The van der Waals surface area contributed by atoms with Gasteiger partial charge in [-0.1, -0.05) is 0 Å². The molecule has 0 aliphatic heterocycles. The van der Waals surface area contributed by atoms with E-state index in [0.717, 1.165) is 18.9 Å². The first kappa shape index (κ1) is 11.7. The molecule has 1 aliphatic carbocycles. The second-order valence-corrected chi connectivity index (χ2v) is 4.67. The van der Waals surface area contributed by atoms with Crippen molar-refractivity contribution in [2.75, 3.05) is 6.61 Å². The van der Waals surface area contributed by atoms with Crippen LogP contribution in [0.25, 0.3) is 0 Å². The predicted molar refractivity (Wildman–Crippen MR) is 55.2 cm³/mol. The lowest BCUT2D eigenvalue weighted by molar-refractivity contribution is -0.139. The third-order valence-corrected chi connectivity index (χ3v) is 2.71. The molecular weight excluding hydrogens is 287 g/mol. The summed E-state index contributed by atoms with van der Waals surface area (Å²) in [5.74, 6) is 0.0640. The number of hydrogen-bond acceptors (Lipinski definition) is 2. The first-order valence-corrected chi connectivity index (χ1v) is 5.61. The summed E-state index contributed by atoms with van der Waals surface area (Å²) in [6.45, 7) is 0.317. The maximum absolute atomic E-state index is 12.6. The summed E-state index contributed by atoms with van der Waals surface area (Å²) in [5, 5.41) is 0. The van der Waals surface area contributed by atoms with Gasteiger partial charge in [0.05, 0.1) is 6.61 Å². The van der Waals surface area contributed by atoms with Crippen molar-refractivity contribution < 1.29 is 17.9 Å². The van der Waals surface area contributed by atoms with Gasteiger partial charge in [-0.25, -0.2) is 4.98 Å². The van der Waals surface area contributed by atoms with Crippen LogP contribution in [0.1, 0.15) is 18.4 Å². The van der Waals surface area contributed by atoms with Crippen LogP contribution in [0.2, 0.25) is 0 Å². The van der Waals surface area contributed by atoms with E-state index in [1.54, 1.807) is 0 Å². The monoisotopic (exact) mass is 295 g/mol. The third kappa shape index (κ3) is 2.87. The summed E-state index contributed by atoms with van der Waals surface area (Å²) in [4.78, 5) is 3.66. The highest BCUT2D eigenvalue weighted by Crippen LogP contribution is 2.37. The maximum Gasteiger partial charge on any atom is 0.421 e. The standard InChI is InChI=1S/C10H9BrF3NO/c11-7-3-8(10(12,13)14)9(15-4-7)16-5-6-1-2-6/h3-4,6H,1-2,5H2. The molecule has 2 nitrogen and oxygen atoms in total. The molecular formula is C10H9BrF3NO. The van der Waals surface area contributed by atoms with Crippen LogP contribution in [0.4, 0.5) is 13.2 Å². The van der Waals surface area contributed by atoms with E-state index in [9.17, 15) is 13.2 Å². The molecule has 1 aromatic rings. The van der Waals surface area contributed by atoms with E-state index < -0.39 is 11.7 Å². The van der Waals surface area contributed by atoms with Crippen LogP contribution in [0, 0.1) is 5.92 Å². The molecule has 2 rings (SSSR count). The van der Waals surface area contributed by atoms with Crippen LogP contribution in [0.3, 0.4) is 0 Å². The number of hydrogen-bond donors (Lipinski definition) is 0. The average molecular weight is 296 g/mol. The molecule has 0 amide bonds. The van der Waals surface area contributed by atoms with Gasteiger partial charge in [0, 0.05) is 10.7 Å². The van der Waals surface area contributed by atoms with Crippen molar-refractivity contribution in [3.8, 4) is 5.88 Å². The predicted octanol–water partition coefficient (Wildman–Crippen LogP) is 3.65.